The maximum atomic E-state index is 9.54. The third-order valence-electron chi connectivity index (χ3n) is 4.47. The van der Waals surface area contributed by atoms with Gasteiger partial charge in [-0.05, 0) is 18.4 Å². The minimum absolute atomic E-state index is 0.661. The van der Waals surface area contributed by atoms with Crippen molar-refractivity contribution in [2.45, 2.75) is 58.3 Å². The molecule has 0 spiro atoms. The largest absolute Gasteiger partial charge is 0.410 e. The number of benzene rings is 2. The van der Waals surface area contributed by atoms with Gasteiger partial charge in [0, 0.05) is 11.1 Å². The van der Waals surface area contributed by atoms with Crippen LogP contribution < -0.4 is 0 Å². The van der Waals surface area contributed by atoms with Crippen LogP contribution in [0, 0.1) is 0 Å². The smallest absolute Gasteiger partial charge is 0.117 e. The minimum atomic E-state index is 0.661. The summed E-state index contributed by atoms with van der Waals surface area (Å²) >= 11 is 0. The van der Waals surface area contributed by atoms with Gasteiger partial charge in [-0.2, -0.15) is 0 Å². The predicted octanol–water partition coefficient (Wildman–Crippen LogP) is 6.21. The van der Waals surface area contributed by atoms with E-state index in [1.165, 1.54) is 50.5 Å². The third kappa shape index (κ3) is 5.52. The van der Waals surface area contributed by atoms with Crippen LogP contribution in [0.4, 0.5) is 0 Å². The fraction of sp³-hybridized carbons (Fsp3) is 0.409. The lowest BCUT2D eigenvalue weighted by Gasteiger charge is -2.11. The number of rotatable bonds is 10. The lowest BCUT2D eigenvalue weighted by atomic mass is 9.94. The van der Waals surface area contributed by atoms with E-state index in [2.05, 4.69) is 30.3 Å². The number of unbranched alkanes of at least 4 members (excludes halogenated alkanes) is 6. The highest BCUT2D eigenvalue weighted by molar-refractivity contribution is 6.13. The number of aryl methyl sites for hydroxylation is 1. The summed E-state index contributed by atoms with van der Waals surface area (Å²) in [6.07, 6.45) is 10.2. The Labute approximate surface area is 146 Å². The number of hydrogen-bond acceptors (Lipinski definition) is 2. The summed E-state index contributed by atoms with van der Waals surface area (Å²) in [6, 6.07) is 18.2. The fourth-order valence-corrected chi connectivity index (χ4v) is 3.11. The van der Waals surface area contributed by atoms with E-state index >= 15 is 0 Å². The van der Waals surface area contributed by atoms with Crippen LogP contribution in [-0.2, 0) is 6.42 Å². The molecule has 0 heterocycles. The maximum absolute atomic E-state index is 9.54. The van der Waals surface area contributed by atoms with Gasteiger partial charge in [0.1, 0.15) is 5.71 Å². The van der Waals surface area contributed by atoms with E-state index < -0.39 is 0 Å². The van der Waals surface area contributed by atoms with E-state index in [4.69, 9.17) is 0 Å². The van der Waals surface area contributed by atoms with Crippen molar-refractivity contribution in [1.82, 2.24) is 0 Å². The van der Waals surface area contributed by atoms with Gasteiger partial charge in [0.05, 0.1) is 0 Å². The molecule has 0 bridgehead atoms. The van der Waals surface area contributed by atoms with Crippen LogP contribution in [0.3, 0.4) is 0 Å². The van der Waals surface area contributed by atoms with Gasteiger partial charge in [0.25, 0.3) is 0 Å². The molecule has 0 aliphatic heterocycles. The molecule has 0 saturated carbocycles. The van der Waals surface area contributed by atoms with E-state index in [1.54, 1.807) is 0 Å². The van der Waals surface area contributed by atoms with Crippen molar-refractivity contribution in [3.63, 3.8) is 0 Å². The molecule has 0 aliphatic carbocycles. The van der Waals surface area contributed by atoms with Gasteiger partial charge in [-0.1, -0.05) is 105 Å². The Morgan fingerprint density at radius 3 is 2.12 bits per heavy atom. The van der Waals surface area contributed by atoms with E-state index in [0.717, 1.165) is 17.5 Å². The van der Waals surface area contributed by atoms with Crippen molar-refractivity contribution >= 4 is 5.71 Å². The molecule has 0 saturated heterocycles. The average Bonchev–Trinajstić information content (AvgIpc) is 2.64. The Kier molecular flexibility index (Phi) is 8.09. The van der Waals surface area contributed by atoms with Crippen LogP contribution in [0.1, 0.15) is 68.6 Å². The van der Waals surface area contributed by atoms with Gasteiger partial charge < -0.3 is 5.21 Å². The summed E-state index contributed by atoms with van der Waals surface area (Å²) in [5, 5.41) is 13.1. The van der Waals surface area contributed by atoms with Crippen molar-refractivity contribution in [2.75, 3.05) is 0 Å². The standard InChI is InChI=1S/C22H29NO/c1-2-3-4-5-6-7-9-14-19-15-12-13-18-21(19)22(23-24)20-16-10-8-11-17-20/h8,10-13,15-18,24H,2-7,9,14H2,1H3. The molecule has 0 atom stereocenters. The van der Waals surface area contributed by atoms with Crippen LogP contribution in [-0.4, -0.2) is 10.9 Å². The van der Waals surface area contributed by atoms with E-state index in [-0.39, 0.29) is 0 Å². The van der Waals surface area contributed by atoms with Crippen molar-refractivity contribution in [1.29, 1.82) is 0 Å². The van der Waals surface area contributed by atoms with Gasteiger partial charge in [-0.15, -0.1) is 0 Å². The zero-order valence-electron chi connectivity index (χ0n) is 14.7. The molecule has 0 fully saturated rings. The molecule has 2 aromatic carbocycles. The molecule has 0 radical (unpaired) electrons. The SMILES string of the molecule is CCCCCCCCCc1ccccc1C(=NO)c1ccccc1. The van der Waals surface area contributed by atoms with Crippen LogP contribution in [0.5, 0.6) is 0 Å². The summed E-state index contributed by atoms with van der Waals surface area (Å²) in [5.41, 5.74) is 3.92. The molecule has 2 nitrogen and oxygen atoms in total. The lowest BCUT2D eigenvalue weighted by molar-refractivity contribution is 0.319. The molecule has 0 aliphatic rings. The second kappa shape index (κ2) is 10.6. The molecule has 128 valence electrons. The molecule has 2 aromatic rings. The monoisotopic (exact) mass is 323 g/mol. The molecule has 0 aromatic heterocycles. The van der Waals surface area contributed by atoms with Gasteiger partial charge in [-0.25, -0.2) is 0 Å². The molecule has 24 heavy (non-hydrogen) atoms. The van der Waals surface area contributed by atoms with Crippen molar-refractivity contribution in [3.05, 3.63) is 71.3 Å². The van der Waals surface area contributed by atoms with Crippen LogP contribution in [0.2, 0.25) is 0 Å². The topological polar surface area (TPSA) is 32.6 Å². The van der Waals surface area contributed by atoms with Gasteiger partial charge in [0.15, 0.2) is 0 Å². The second-order valence-corrected chi connectivity index (χ2v) is 6.34. The molecule has 1 N–H and O–H groups in total. The molecular formula is C22H29NO. The maximum Gasteiger partial charge on any atom is 0.117 e. The number of nitrogens with zero attached hydrogens (tertiary/aromatic N) is 1. The van der Waals surface area contributed by atoms with Gasteiger partial charge in [0.2, 0.25) is 0 Å². The Morgan fingerprint density at radius 1 is 0.792 bits per heavy atom. The first-order chi connectivity index (χ1) is 11.9. The Hall–Kier alpha value is -2.09. The van der Waals surface area contributed by atoms with Crippen molar-refractivity contribution in [2.24, 2.45) is 5.16 Å². The molecular weight excluding hydrogens is 294 g/mol. The third-order valence-corrected chi connectivity index (χ3v) is 4.47. The predicted molar refractivity (Wildman–Crippen MR) is 102 cm³/mol. The minimum Gasteiger partial charge on any atom is -0.410 e. The summed E-state index contributed by atoms with van der Waals surface area (Å²) in [5.74, 6) is 0. The number of oxime groups is 1. The first-order valence-electron chi connectivity index (χ1n) is 9.22. The average molecular weight is 323 g/mol. The highest BCUT2D eigenvalue weighted by Crippen LogP contribution is 2.18. The van der Waals surface area contributed by atoms with Crippen LogP contribution in [0.15, 0.2) is 59.8 Å². The Balaban J connectivity index is 1.97. The Morgan fingerprint density at radius 2 is 1.42 bits per heavy atom. The van der Waals surface area contributed by atoms with E-state index in [1.807, 2.05) is 36.4 Å². The quantitative estimate of drug-likeness (QED) is 0.240. The lowest BCUT2D eigenvalue weighted by Crippen LogP contribution is -2.07. The number of hydrogen-bond donors (Lipinski definition) is 1. The highest BCUT2D eigenvalue weighted by atomic mass is 16.4. The summed E-state index contributed by atoms with van der Waals surface area (Å²) in [7, 11) is 0. The summed E-state index contributed by atoms with van der Waals surface area (Å²) in [4.78, 5) is 0. The van der Waals surface area contributed by atoms with E-state index in [0.29, 0.717) is 5.71 Å². The summed E-state index contributed by atoms with van der Waals surface area (Å²) < 4.78 is 0. The van der Waals surface area contributed by atoms with E-state index in [9.17, 15) is 5.21 Å². The van der Waals surface area contributed by atoms with Crippen LogP contribution >= 0.6 is 0 Å². The fourth-order valence-electron chi connectivity index (χ4n) is 3.11. The zero-order valence-corrected chi connectivity index (χ0v) is 14.7. The summed E-state index contributed by atoms with van der Waals surface area (Å²) in [6.45, 7) is 2.25. The van der Waals surface area contributed by atoms with Gasteiger partial charge in [-0.3, -0.25) is 0 Å². The molecule has 0 unspecified atom stereocenters. The molecule has 2 rings (SSSR count). The van der Waals surface area contributed by atoms with Crippen LogP contribution in [0.25, 0.3) is 0 Å². The molecule has 0 amide bonds. The first-order valence-corrected chi connectivity index (χ1v) is 9.22. The van der Waals surface area contributed by atoms with Crippen molar-refractivity contribution < 1.29 is 5.21 Å². The van der Waals surface area contributed by atoms with Crippen molar-refractivity contribution in [3.8, 4) is 0 Å². The zero-order chi connectivity index (χ0) is 17.0. The van der Waals surface area contributed by atoms with Gasteiger partial charge >= 0.3 is 0 Å². The molecule has 2 heteroatoms. The second-order valence-electron chi connectivity index (χ2n) is 6.34. The normalized spacial score (nSPS) is 11.6. The first kappa shape index (κ1) is 18.3. The highest BCUT2D eigenvalue weighted by Gasteiger charge is 2.11. The Bertz CT molecular complexity index is 619.